The number of likely N-dealkylation sites (tertiary alicyclic amines) is 1. The molecule has 162 valence electrons. The topological polar surface area (TPSA) is 75.7 Å². The summed E-state index contributed by atoms with van der Waals surface area (Å²) in [6.45, 7) is 0.307. The first kappa shape index (κ1) is 22.1. The molecule has 0 radical (unpaired) electrons. The molecule has 3 rings (SSSR count). The van der Waals surface area contributed by atoms with Gasteiger partial charge in [0.25, 0.3) is 5.91 Å². The highest BCUT2D eigenvalue weighted by atomic mass is 32.2. The Labute approximate surface area is 172 Å². The van der Waals surface area contributed by atoms with Gasteiger partial charge in [-0.05, 0) is 49.2 Å². The maximum absolute atomic E-state index is 13.2. The second-order valence-electron chi connectivity index (χ2n) is 6.91. The zero-order valence-electron chi connectivity index (χ0n) is 16.1. The predicted octanol–water partition coefficient (Wildman–Crippen LogP) is 3.30. The summed E-state index contributed by atoms with van der Waals surface area (Å²) in [7, 11) is -2.28. The van der Waals surface area contributed by atoms with Crippen molar-refractivity contribution in [3.63, 3.8) is 0 Å². The van der Waals surface area contributed by atoms with E-state index >= 15 is 0 Å². The zero-order chi connectivity index (χ0) is 21.9. The fraction of sp³-hybridized carbons (Fsp3) is 0.350. The van der Waals surface area contributed by atoms with E-state index in [0.717, 1.165) is 12.1 Å². The van der Waals surface area contributed by atoms with Crippen LogP contribution in [0.3, 0.4) is 0 Å². The van der Waals surface area contributed by atoms with Gasteiger partial charge in [0.2, 0.25) is 10.0 Å². The highest BCUT2D eigenvalue weighted by Crippen LogP contribution is 2.32. The number of amides is 1. The van der Waals surface area contributed by atoms with Crippen LogP contribution in [0.5, 0.6) is 5.75 Å². The molecule has 0 aliphatic carbocycles. The van der Waals surface area contributed by atoms with Gasteiger partial charge in [-0.2, -0.15) is 13.2 Å². The number of carbonyl (C=O) groups is 1. The Morgan fingerprint density at radius 3 is 2.23 bits per heavy atom. The fourth-order valence-corrected chi connectivity index (χ4v) is 4.63. The number of halogens is 3. The van der Waals surface area contributed by atoms with Crippen LogP contribution in [0, 0.1) is 0 Å². The maximum Gasteiger partial charge on any atom is 0.417 e. The molecule has 1 heterocycles. The Kier molecular flexibility index (Phi) is 6.37. The molecule has 6 nitrogen and oxygen atoms in total. The van der Waals surface area contributed by atoms with Crippen molar-refractivity contribution < 1.29 is 31.1 Å². The molecule has 0 unspecified atom stereocenters. The van der Waals surface area contributed by atoms with Gasteiger partial charge in [-0.3, -0.25) is 4.79 Å². The van der Waals surface area contributed by atoms with Gasteiger partial charge >= 0.3 is 6.18 Å². The molecule has 0 atom stereocenters. The smallest absolute Gasteiger partial charge is 0.417 e. The lowest BCUT2D eigenvalue weighted by Gasteiger charge is -2.32. The van der Waals surface area contributed by atoms with Gasteiger partial charge in [-0.1, -0.05) is 12.1 Å². The lowest BCUT2D eigenvalue weighted by molar-refractivity contribution is -0.138. The number of hydrogen-bond acceptors (Lipinski definition) is 4. The molecule has 2 aromatic rings. The number of nitrogens with zero attached hydrogens (tertiary/aromatic N) is 1. The van der Waals surface area contributed by atoms with Crippen LogP contribution in [-0.4, -0.2) is 45.5 Å². The molecule has 1 saturated heterocycles. The molecule has 0 saturated carbocycles. The van der Waals surface area contributed by atoms with E-state index in [-0.39, 0.29) is 18.0 Å². The van der Waals surface area contributed by atoms with Crippen molar-refractivity contribution in [2.45, 2.75) is 30.0 Å². The second-order valence-corrected chi connectivity index (χ2v) is 8.62. The van der Waals surface area contributed by atoms with Gasteiger partial charge in [0.1, 0.15) is 5.75 Å². The monoisotopic (exact) mass is 442 g/mol. The highest BCUT2D eigenvalue weighted by molar-refractivity contribution is 7.89. The van der Waals surface area contributed by atoms with E-state index in [9.17, 15) is 26.4 Å². The molecule has 0 spiro atoms. The van der Waals surface area contributed by atoms with Crippen LogP contribution in [0.4, 0.5) is 13.2 Å². The Morgan fingerprint density at radius 1 is 1.07 bits per heavy atom. The molecule has 0 bridgehead atoms. The van der Waals surface area contributed by atoms with E-state index in [0.29, 0.717) is 18.6 Å². The summed E-state index contributed by atoms with van der Waals surface area (Å²) in [5.41, 5.74) is -1.38. The van der Waals surface area contributed by atoms with E-state index in [1.807, 2.05) is 0 Å². The van der Waals surface area contributed by atoms with Crippen LogP contribution in [0.25, 0.3) is 0 Å². The number of ether oxygens (including phenoxy) is 1. The van der Waals surface area contributed by atoms with E-state index in [2.05, 4.69) is 4.72 Å². The van der Waals surface area contributed by atoms with Crippen molar-refractivity contribution in [2.24, 2.45) is 0 Å². The largest absolute Gasteiger partial charge is 0.497 e. The first-order valence-corrected chi connectivity index (χ1v) is 10.7. The van der Waals surface area contributed by atoms with Gasteiger partial charge in [0.15, 0.2) is 0 Å². The van der Waals surface area contributed by atoms with Gasteiger partial charge in [-0.15, -0.1) is 0 Å². The lowest BCUT2D eigenvalue weighted by atomic mass is 10.0. The van der Waals surface area contributed by atoms with Gasteiger partial charge in [0.05, 0.1) is 23.1 Å². The predicted molar refractivity (Wildman–Crippen MR) is 104 cm³/mol. The number of piperidine rings is 1. The average molecular weight is 442 g/mol. The maximum atomic E-state index is 13.2. The van der Waals surface area contributed by atoms with Crippen molar-refractivity contribution >= 4 is 15.9 Å². The van der Waals surface area contributed by atoms with Crippen molar-refractivity contribution in [3.8, 4) is 5.75 Å². The number of carbonyl (C=O) groups excluding carboxylic acids is 1. The summed E-state index contributed by atoms with van der Waals surface area (Å²) in [5, 5.41) is 0. The highest BCUT2D eigenvalue weighted by Gasteiger charge is 2.36. The molecule has 2 aromatic carbocycles. The third-order valence-electron chi connectivity index (χ3n) is 4.94. The van der Waals surface area contributed by atoms with Crippen LogP contribution in [0.15, 0.2) is 53.4 Å². The van der Waals surface area contributed by atoms with Crippen molar-refractivity contribution in [1.29, 1.82) is 0 Å². The van der Waals surface area contributed by atoms with Crippen LogP contribution < -0.4 is 9.46 Å². The first-order valence-electron chi connectivity index (χ1n) is 9.23. The molecule has 1 amide bonds. The minimum atomic E-state index is -4.63. The summed E-state index contributed by atoms with van der Waals surface area (Å²) >= 11 is 0. The van der Waals surface area contributed by atoms with Gasteiger partial charge < -0.3 is 9.64 Å². The van der Waals surface area contributed by atoms with E-state index < -0.39 is 39.3 Å². The Bertz CT molecular complexity index is 999. The molecule has 1 aliphatic heterocycles. The molecule has 1 fully saturated rings. The number of alkyl halides is 3. The number of hydrogen-bond donors (Lipinski definition) is 1. The molecule has 30 heavy (non-hydrogen) atoms. The summed E-state index contributed by atoms with van der Waals surface area (Å²) in [6.07, 6.45) is -4.02. The Balaban J connectivity index is 1.64. The summed E-state index contributed by atoms with van der Waals surface area (Å²) in [6, 6.07) is 10.2. The quantitative estimate of drug-likeness (QED) is 0.771. The van der Waals surface area contributed by atoms with Crippen LogP contribution in [-0.2, 0) is 16.2 Å². The molecule has 1 N–H and O–H groups in total. The number of rotatable bonds is 5. The Hall–Kier alpha value is -2.59. The van der Waals surface area contributed by atoms with Crippen LogP contribution >= 0.6 is 0 Å². The standard InChI is InChI=1S/C20H21F3N2O4S/c1-29-15-6-8-16(9-7-15)30(27,28)24-14-10-12-25(13-11-14)19(26)17-4-2-3-5-18(17)20(21,22)23/h2-9,14,24H,10-13H2,1H3. The number of nitrogens with one attached hydrogen (secondary N) is 1. The van der Waals surface area contributed by atoms with Gasteiger partial charge in [0, 0.05) is 19.1 Å². The summed E-state index contributed by atoms with van der Waals surface area (Å²) < 4.78 is 72.2. The SMILES string of the molecule is COc1ccc(S(=O)(=O)NC2CCN(C(=O)c3ccccc3C(F)(F)F)CC2)cc1. The normalized spacial score (nSPS) is 15.8. The molecule has 1 aliphatic rings. The van der Waals surface area contributed by atoms with Gasteiger partial charge in [-0.25, -0.2) is 13.1 Å². The van der Waals surface area contributed by atoms with Crippen molar-refractivity contribution in [1.82, 2.24) is 9.62 Å². The van der Waals surface area contributed by atoms with Crippen LogP contribution in [0.2, 0.25) is 0 Å². The van der Waals surface area contributed by atoms with Crippen LogP contribution in [0.1, 0.15) is 28.8 Å². The first-order chi connectivity index (χ1) is 14.1. The lowest BCUT2D eigenvalue weighted by Crippen LogP contribution is -2.46. The van der Waals surface area contributed by atoms with E-state index in [1.165, 1.54) is 48.4 Å². The number of sulfonamides is 1. The third-order valence-corrected chi connectivity index (χ3v) is 6.47. The molecule has 0 aromatic heterocycles. The third kappa shape index (κ3) is 4.93. The average Bonchev–Trinajstić information content (AvgIpc) is 2.73. The van der Waals surface area contributed by atoms with Crippen molar-refractivity contribution in [3.05, 3.63) is 59.7 Å². The minimum Gasteiger partial charge on any atom is -0.497 e. The molecule has 10 heteroatoms. The number of benzene rings is 2. The van der Waals surface area contributed by atoms with E-state index in [4.69, 9.17) is 4.74 Å². The molecular formula is C20H21F3N2O4S. The summed E-state index contributed by atoms with van der Waals surface area (Å²) in [5.74, 6) is -0.181. The van der Waals surface area contributed by atoms with E-state index in [1.54, 1.807) is 0 Å². The van der Waals surface area contributed by atoms with Crippen molar-refractivity contribution in [2.75, 3.05) is 20.2 Å². The Morgan fingerprint density at radius 2 is 1.67 bits per heavy atom. The number of methoxy groups -OCH3 is 1. The summed E-state index contributed by atoms with van der Waals surface area (Å²) in [4.78, 5) is 14.0. The molecular weight excluding hydrogens is 421 g/mol. The fourth-order valence-electron chi connectivity index (χ4n) is 3.33. The minimum absolute atomic E-state index is 0.0842. The second kappa shape index (κ2) is 8.65. The zero-order valence-corrected chi connectivity index (χ0v) is 17.0.